The number of nitrogens with zero attached hydrogens (tertiary/aromatic N) is 1. The molecule has 1 amide bonds. The molecule has 1 aromatic heterocycles. The summed E-state index contributed by atoms with van der Waals surface area (Å²) in [7, 11) is 0. The number of rotatable bonds is 0. The zero-order chi connectivity index (χ0) is 9.26. The van der Waals surface area contributed by atoms with Crippen LogP contribution in [-0.4, -0.2) is 23.5 Å². The second kappa shape index (κ2) is 3.05. The van der Waals surface area contributed by atoms with Crippen LogP contribution in [0.2, 0.25) is 0 Å². The Morgan fingerprint density at radius 2 is 2.54 bits per heavy atom. The molecule has 0 radical (unpaired) electrons. The van der Waals surface area contributed by atoms with Crippen LogP contribution >= 0.6 is 0 Å². The molecule has 0 saturated carbocycles. The highest BCUT2D eigenvalue weighted by Crippen LogP contribution is 2.16. The molecule has 1 atom stereocenters. The maximum absolute atomic E-state index is 11.5. The van der Waals surface area contributed by atoms with Gasteiger partial charge in [0.2, 0.25) is 5.88 Å². The molecule has 2 rings (SSSR count). The standard InChI is InChI=1S/C9H10N2O2/c1-6-5-13-9-7(8(12)11-6)3-2-4-10-9/h2-4,6H,5H2,1H3,(H,11,12). The summed E-state index contributed by atoms with van der Waals surface area (Å²) >= 11 is 0. The minimum absolute atomic E-state index is 0.0294. The molecular weight excluding hydrogens is 168 g/mol. The van der Waals surface area contributed by atoms with Crippen molar-refractivity contribution in [2.24, 2.45) is 0 Å². The normalized spacial score (nSPS) is 21.0. The quantitative estimate of drug-likeness (QED) is 0.632. The predicted octanol–water partition coefficient (Wildman–Crippen LogP) is 0.592. The number of amides is 1. The van der Waals surface area contributed by atoms with Crippen molar-refractivity contribution in [1.82, 2.24) is 10.3 Å². The number of hydrogen-bond donors (Lipinski definition) is 1. The molecule has 0 saturated heterocycles. The van der Waals surface area contributed by atoms with Crippen molar-refractivity contribution >= 4 is 5.91 Å². The van der Waals surface area contributed by atoms with E-state index in [2.05, 4.69) is 10.3 Å². The molecule has 1 N–H and O–H groups in total. The van der Waals surface area contributed by atoms with Crippen molar-refractivity contribution in [3.63, 3.8) is 0 Å². The number of aromatic nitrogens is 1. The first-order valence-corrected chi connectivity index (χ1v) is 4.16. The molecule has 0 fully saturated rings. The Morgan fingerprint density at radius 1 is 1.69 bits per heavy atom. The van der Waals surface area contributed by atoms with Crippen molar-refractivity contribution in [2.75, 3.05) is 6.61 Å². The second-order valence-corrected chi connectivity index (χ2v) is 3.04. The highest BCUT2D eigenvalue weighted by molar-refractivity contribution is 5.96. The van der Waals surface area contributed by atoms with Crippen LogP contribution < -0.4 is 10.1 Å². The summed E-state index contributed by atoms with van der Waals surface area (Å²) in [6.45, 7) is 2.36. The summed E-state index contributed by atoms with van der Waals surface area (Å²) in [5.41, 5.74) is 0.506. The Bertz CT molecular complexity index is 338. The Kier molecular flexibility index (Phi) is 1.88. The number of pyridine rings is 1. The van der Waals surface area contributed by atoms with Gasteiger partial charge in [0, 0.05) is 6.20 Å². The zero-order valence-corrected chi connectivity index (χ0v) is 7.28. The average molecular weight is 178 g/mol. The fourth-order valence-electron chi connectivity index (χ4n) is 1.23. The van der Waals surface area contributed by atoms with Crippen LogP contribution in [0, 0.1) is 0 Å². The van der Waals surface area contributed by atoms with Crippen molar-refractivity contribution < 1.29 is 9.53 Å². The lowest BCUT2D eigenvalue weighted by Gasteiger charge is -2.07. The van der Waals surface area contributed by atoms with Crippen LogP contribution in [-0.2, 0) is 0 Å². The Hall–Kier alpha value is -1.58. The van der Waals surface area contributed by atoms with Crippen molar-refractivity contribution in [3.05, 3.63) is 23.9 Å². The van der Waals surface area contributed by atoms with Crippen LogP contribution in [0.5, 0.6) is 5.88 Å². The van der Waals surface area contributed by atoms with Gasteiger partial charge in [-0.1, -0.05) is 0 Å². The largest absolute Gasteiger partial charge is 0.475 e. The van der Waals surface area contributed by atoms with E-state index in [1.165, 1.54) is 0 Å². The van der Waals surface area contributed by atoms with Crippen LogP contribution in [0.3, 0.4) is 0 Å². The van der Waals surface area contributed by atoms with Gasteiger partial charge in [-0.25, -0.2) is 4.98 Å². The summed E-state index contributed by atoms with van der Waals surface area (Å²) in [6, 6.07) is 3.45. The minimum atomic E-state index is -0.117. The van der Waals surface area contributed by atoms with Gasteiger partial charge < -0.3 is 10.1 Å². The van der Waals surface area contributed by atoms with Gasteiger partial charge in [0.25, 0.3) is 5.91 Å². The van der Waals surface area contributed by atoms with E-state index in [4.69, 9.17) is 4.74 Å². The van der Waals surface area contributed by atoms with Gasteiger partial charge in [0.15, 0.2) is 0 Å². The monoisotopic (exact) mass is 178 g/mol. The first kappa shape index (κ1) is 8.04. The van der Waals surface area contributed by atoms with Crippen LogP contribution in [0.25, 0.3) is 0 Å². The lowest BCUT2D eigenvalue weighted by molar-refractivity contribution is 0.0942. The van der Waals surface area contributed by atoms with Gasteiger partial charge in [-0.2, -0.15) is 0 Å². The fraction of sp³-hybridized carbons (Fsp3) is 0.333. The third-order valence-electron chi connectivity index (χ3n) is 1.86. The molecule has 1 aliphatic heterocycles. The summed E-state index contributed by atoms with van der Waals surface area (Å²) in [4.78, 5) is 15.5. The van der Waals surface area contributed by atoms with Gasteiger partial charge in [-0.3, -0.25) is 4.79 Å². The Morgan fingerprint density at radius 3 is 3.38 bits per heavy atom. The van der Waals surface area contributed by atoms with Crippen LogP contribution in [0.15, 0.2) is 18.3 Å². The molecule has 1 aromatic rings. The SMILES string of the molecule is CC1COc2ncccc2C(=O)N1. The smallest absolute Gasteiger partial charge is 0.257 e. The maximum Gasteiger partial charge on any atom is 0.257 e. The summed E-state index contributed by atoms with van der Waals surface area (Å²) in [5.74, 6) is 0.303. The molecule has 13 heavy (non-hydrogen) atoms. The molecule has 4 heteroatoms. The van der Waals surface area contributed by atoms with Crippen LogP contribution in [0.4, 0.5) is 0 Å². The topological polar surface area (TPSA) is 51.2 Å². The number of ether oxygens (including phenoxy) is 1. The maximum atomic E-state index is 11.5. The lowest BCUT2D eigenvalue weighted by Crippen LogP contribution is -2.33. The van der Waals surface area contributed by atoms with E-state index in [1.807, 2.05) is 6.92 Å². The van der Waals surface area contributed by atoms with E-state index in [-0.39, 0.29) is 11.9 Å². The van der Waals surface area contributed by atoms with E-state index in [0.29, 0.717) is 18.1 Å². The van der Waals surface area contributed by atoms with Crippen molar-refractivity contribution in [1.29, 1.82) is 0 Å². The summed E-state index contributed by atoms with van der Waals surface area (Å²) in [6.07, 6.45) is 1.61. The van der Waals surface area contributed by atoms with Gasteiger partial charge in [-0.15, -0.1) is 0 Å². The molecule has 2 heterocycles. The number of fused-ring (bicyclic) bond motifs is 1. The lowest BCUT2D eigenvalue weighted by atomic mass is 10.2. The van der Waals surface area contributed by atoms with Gasteiger partial charge in [-0.05, 0) is 19.1 Å². The predicted molar refractivity (Wildman–Crippen MR) is 46.7 cm³/mol. The van der Waals surface area contributed by atoms with E-state index in [9.17, 15) is 4.79 Å². The molecule has 0 aromatic carbocycles. The first-order valence-electron chi connectivity index (χ1n) is 4.16. The average Bonchev–Trinajstić information content (AvgIpc) is 2.27. The third kappa shape index (κ3) is 1.47. The highest BCUT2D eigenvalue weighted by atomic mass is 16.5. The van der Waals surface area contributed by atoms with Gasteiger partial charge in [0.05, 0.1) is 6.04 Å². The number of carbonyl (C=O) groups is 1. The van der Waals surface area contributed by atoms with Crippen molar-refractivity contribution in [3.8, 4) is 5.88 Å². The molecule has 0 aliphatic carbocycles. The number of nitrogens with one attached hydrogen (secondary N) is 1. The molecular formula is C9H10N2O2. The molecule has 1 unspecified atom stereocenters. The third-order valence-corrected chi connectivity index (χ3v) is 1.86. The summed E-state index contributed by atoms with van der Waals surface area (Å²) < 4.78 is 5.34. The summed E-state index contributed by atoms with van der Waals surface area (Å²) in [5, 5.41) is 2.79. The minimum Gasteiger partial charge on any atom is -0.475 e. The van der Waals surface area contributed by atoms with E-state index < -0.39 is 0 Å². The molecule has 1 aliphatic rings. The Balaban J connectivity index is 2.40. The van der Waals surface area contributed by atoms with Crippen molar-refractivity contribution in [2.45, 2.75) is 13.0 Å². The van der Waals surface area contributed by atoms with Gasteiger partial charge in [0.1, 0.15) is 12.2 Å². The molecule has 68 valence electrons. The second-order valence-electron chi connectivity index (χ2n) is 3.04. The van der Waals surface area contributed by atoms with E-state index in [0.717, 1.165) is 0 Å². The Labute approximate surface area is 75.9 Å². The number of carbonyl (C=O) groups excluding carboxylic acids is 1. The van der Waals surface area contributed by atoms with E-state index >= 15 is 0 Å². The molecule has 0 spiro atoms. The van der Waals surface area contributed by atoms with E-state index in [1.54, 1.807) is 18.3 Å². The fourth-order valence-corrected chi connectivity index (χ4v) is 1.23. The molecule has 4 nitrogen and oxygen atoms in total. The molecule has 0 bridgehead atoms. The first-order chi connectivity index (χ1) is 6.27. The van der Waals surface area contributed by atoms with Gasteiger partial charge >= 0.3 is 0 Å². The highest BCUT2D eigenvalue weighted by Gasteiger charge is 2.20. The zero-order valence-electron chi connectivity index (χ0n) is 7.28. The number of hydrogen-bond acceptors (Lipinski definition) is 3. The van der Waals surface area contributed by atoms with Crippen LogP contribution in [0.1, 0.15) is 17.3 Å².